The highest BCUT2D eigenvalue weighted by atomic mass is 35.5. The highest BCUT2D eigenvalue weighted by Crippen LogP contribution is 2.47. The summed E-state index contributed by atoms with van der Waals surface area (Å²) >= 11 is 6.23. The van der Waals surface area contributed by atoms with E-state index in [4.69, 9.17) is 25.5 Å². The first-order chi connectivity index (χ1) is 14.2. The minimum atomic E-state index is -0.824. The Kier molecular flexibility index (Phi) is 4.98. The summed E-state index contributed by atoms with van der Waals surface area (Å²) in [6.07, 6.45) is 0.595. The fourth-order valence-corrected chi connectivity index (χ4v) is 4.06. The molecular formula is C23H21ClO6. The Morgan fingerprint density at radius 2 is 1.97 bits per heavy atom. The van der Waals surface area contributed by atoms with Gasteiger partial charge in [-0.2, -0.15) is 0 Å². The molecule has 0 unspecified atom stereocenters. The van der Waals surface area contributed by atoms with Crippen LogP contribution in [-0.4, -0.2) is 24.3 Å². The Bertz CT molecular complexity index is 1210. The summed E-state index contributed by atoms with van der Waals surface area (Å²) in [4.78, 5) is 24.0. The fourth-order valence-electron chi connectivity index (χ4n) is 3.85. The predicted octanol–water partition coefficient (Wildman–Crippen LogP) is 5.06. The van der Waals surface area contributed by atoms with Gasteiger partial charge in [0.25, 0.3) is 0 Å². The van der Waals surface area contributed by atoms with E-state index in [9.17, 15) is 14.7 Å². The Hall–Kier alpha value is -2.99. The molecule has 0 spiro atoms. The van der Waals surface area contributed by atoms with Gasteiger partial charge >= 0.3 is 5.97 Å². The molecule has 1 aromatic heterocycles. The molecule has 2 aromatic carbocycles. The van der Waals surface area contributed by atoms with E-state index in [1.54, 1.807) is 31.2 Å². The fraction of sp³-hybridized carbons (Fsp3) is 0.304. The largest absolute Gasteiger partial charge is 0.492 e. The summed E-state index contributed by atoms with van der Waals surface area (Å²) in [6.45, 7) is 3.59. The number of methoxy groups -OCH3 is 1. The van der Waals surface area contributed by atoms with Gasteiger partial charge in [0.1, 0.15) is 11.9 Å². The Labute approximate surface area is 178 Å². The number of carboxylic acids is 1. The second kappa shape index (κ2) is 7.36. The molecule has 0 radical (unpaired) electrons. The zero-order valence-electron chi connectivity index (χ0n) is 16.8. The Balaban J connectivity index is 1.77. The summed E-state index contributed by atoms with van der Waals surface area (Å²) in [5.41, 5.74) is 0.710. The van der Waals surface area contributed by atoms with Gasteiger partial charge in [-0.3, -0.25) is 9.59 Å². The molecule has 4 rings (SSSR count). The van der Waals surface area contributed by atoms with Gasteiger partial charge in [-0.25, -0.2) is 0 Å². The lowest BCUT2D eigenvalue weighted by Gasteiger charge is -2.41. The molecule has 30 heavy (non-hydrogen) atoms. The lowest BCUT2D eigenvalue weighted by atomic mass is 9.68. The van der Waals surface area contributed by atoms with Crippen molar-refractivity contribution in [2.75, 3.05) is 7.11 Å². The lowest BCUT2D eigenvalue weighted by molar-refractivity contribution is -0.159. The lowest BCUT2D eigenvalue weighted by Crippen LogP contribution is -2.47. The molecule has 0 amide bonds. The van der Waals surface area contributed by atoms with Crippen LogP contribution in [0.2, 0.25) is 5.02 Å². The molecular weight excluding hydrogens is 408 g/mol. The van der Waals surface area contributed by atoms with Gasteiger partial charge in [-0.1, -0.05) is 23.7 Å². The Morgan fingerprint density at radius 3 is 2.63 bits per heavy atom. The number of carboxylic acid groups (broad SMARTS) is 1. The van der Waals surface area contributed by atoms with E-state index in [0.717, 1.165) is 5.56 Å². The minimum Gasteiger partial charge on any atom is -0.492 e. The van der Waals surface area contributed by atoms with E-state index in [1.807, 2.05) is 13.0 Å². The zero-order chi connectivity index (χ0) is 21.6. The maximum atomic E-state index is 12.6. The smallest absolute Gasteiger partial charge is 0.309 e. The first-order valence-electron chi connectivity index (χ1n) is 9.54. The molecule has 1 aliphatic rings. The van der Waals surface area contributed by atoms with Crippen molar-refractivity contribution in [1.29, 1.82) is 0 Å². The van der Waals surface area contributed by atoms with Crippen LogP contribution >= 0.6 is 11.6 Å². The number of carbonyl (C=O) groups is 1. The summed E-state index contributed by atoms with van der Waals surface area (Å²) in [6, 6.07) is 10.1. The van der Waals surface area contributed by atoms with Crippen LogP contribution in [0.5, 0.6) is 11.5 Å². The van der Waals surface area contributed by atoms with Crippen molar-refractivity contribution in [3.05, 3.63) is 57.2 Å². The van der Waals surface area contributed by atoms with Crippen LogP contribution in [0.1, 0.15) is 25.3 Å². The van der Waals surface area contributed by atoms with Gasteiger partial charge in [0.15, 0.2) is 22.5 Å². The zero-order valence-corrected chi connectivity index (χ0v) is 17.6. The number of benzene rings is 2. The van der Waals surface area contributed by atoms with Gasteiger partial charge in [-0.05, 0) is 37.6 Å². The van der Waals surface area contributed by atoms with Crippen LogP contribution in [0.15, 0.2) is 45.6 Å². The molecule has 0 saturated heterocycles. The number of halogens is 1. The maximum Gasteiger partial charge on any atom is 0.309 e. The quantitative estimate of drug-likeness (QED) is 0.611. The number of rotatable bonds is 5. The van der Waals surface area contributed by atoms with Gasteiger partial charge in [0.05, 0.1) is 28.5 Å². The first-order valence-corrected chi connectivity index (χ1v) is 9.91. The van der Waals surface area contributed by atoms with Crippen molar-refractivity contribution in [1.82, 2.24) is 0 Å². The number of aliphatic carboxylic acids is 1. The van der Waals surface area contributed by atoms with Crippen molar-refractivity contribution in [3.63, 3.8) is 0 Å². The number of ether oxygens (including phenoxy) is 2. The van der Waals surface area contributed by atoms with Crippen molar-refractivity contribution >= 4 is 28.5 Å². The minimum absolute atomic E-state index is 0.213. The average Bonchev–Trinajstić information content (AvgIpc) is 2.68. The second-order valence-electron chi connectivity index (χ2n) is 7.90. The standard InChI is InChI=1S/C23H21ClO6/c1-12-7-8-15(18-9-17(25)14-5-4-6-16(24)20(14)30-18)21(28-3)19(12)29-13-10-23(2,11-13)22(26)27/h4-9,13H,10-11H2,1-3H3,(H,26,27). The number of para-hydroxylation sites is 1. The van der Waals surface area contributed by atoms with Gasteiger partial charge < -0.3 is 19.0 Å². The molecule has 0 bridgehead atoms. The Morgan fingerprint density at radius 1 is 1.23 bits per heavy atom. The molecule has 0 aliphatic heterocycles. The second-order valence-corrected chi connectivity index (χ2v) is 8.30. The van der Waals surface area contributed by atoms with Crippen LogP contribution in [0, 0.1) is 12.3 Å². The van der Waals surface area contributed by atoms with Gasteiger partial charge in [0, 0.05) is 18.9 Å². The summed E-state index contributed by atoms with van der Waals surface area (Å²) in [5, 5.41) is 10.1. The molecule has 156 valence electrons. The third-order valence-electron chi connectivity index (χ3n) is 5.64. The average molecular weight is 429 g/mol. The molecule has 1 aliphatic carbocycles. The van der Waals surface area contributed by atoms with Crippen LogP contribution in [0.25, 0.3) is 22.3 Å². The van der Waals surface area contributed by atoms with E-state index in [2.05, 4.69) is 0 Å². The van der Waals surface area contributed by atoms with Gasteiger partial charge in [0.2, 0.25) is 0 Å². The van der Waals surface area contributed by atoms with Crippen molar-refractivity contribution in [2.24, 2.45) is 5.41 Å². The monoisotopic (exact) mass is 428 g/mol. The summed E-state index contributed by atoms with van der Waals surface area (Å²) < 4.78 is 17.7. The molecule has 3 aromatic rings. The highest BCUT2D eigenvalue weighted by Gasteiger charge is 2.48. The third kappa shape index (κ3) is 3.31. The van der Waals surface area contributed by atoms with E-state index < -0.39 is 11.4 Å². The van der Waals surface area contributed by atoms with E-state index in [1.165, 1.54) is 13.2 Å². The van der Waals surface area contributed by atoms with Crippen LogP contribution < -0.4 is 14.9 Å². The predicted molar refractivity (Wildman–Crippen MR) is 114 cm³/mol. The van der Waals surface area contributed by atoms with Crippen molar-refractivity contribution in [2.45, 2.75) is 32.8 Å². The van der Waals surface area contributed by atoms with Crippen molar-refractivity contribution in [3.8, 4) is 22.8 Å². The molecule has 0 atom stereocenters. The van der Waals surface area contributed by atoms with E-state index in [0.29, 0.717) is 51.7 Å². The number of hydrogen-bond acceptors (Lipinski definition) is 5. The van der Waals surface area contributed by atoms with Crippen molar-refractivity contribution < 1.29 is 23.8 Å². The van der Waals surface area contributed by atoms with E-state index >= 15 is 0 Å². The first kappa shape index (κ1) is 20.3. The molecule has 6 nitrogen and oxygen atoms in total. The summed E-state index contributed by atoms with van der Waals surface area (Å²) in [5.74, 6) is 0.420. The number of aryl methyl sites for hydroxylation is 1. The van der Waals surface area contributed by atoms with Crippen LogP contribution in [-0.2, 0) is 4.79 Å². The van der Waals surface area contributed by atoms with Gasteiger partial charge in [-0.15, -0.1) is 0 Å². The topological polar surface area (TPSA) is 86.0 Å². The summed E-state index contributed by atoms with van der Waals surface area (Å²) in [7, 11) is 1.51. The van der Waals surface area contributed by atoms with Crippen LogP contribution in [0.4, 0.5) is 0 Å². The van der Waals surface area contributed by atoms with E-state index in [-0.39, 0.29) is 11.5 Å². The highest BCUT2D eigenvalue weighted by molar-refractivity contribution is 6.34. The van der Waals surface area contributed by atoms with Crippen LogP contribution in [0.3, 0.4) is 0 Å². The molecule has 1 fully saturated rings. The molecule has 1 saturated carbocycles. The molecule has 1 heterocycles. The molecule has 7 heteroatoms. The number of hydrogen-bond donors (Lipinski definition) is 1. The third-order valence-corrected chi connectivity index (χ3v) is 5.94. The molecule has 1 N–H and O–H groups in total. The maximum absolute atomic E-state index is 12.6. The SMILES string of the molecule is COc1c(-c2cc(=O)c3cccc(Cl)c3o2)ccc(C)c1OC1CC(C)(C(=O)O)C1. The normalized spacial score (nSPS) is 20.6. The number of fused-ring (bicyclic) bond motifs is 1.